The first-order valence-corrected chi connectivity index (χ1v) is 9.62. The molecular formula is C15H30O3Si. The van der Waals surface area contributed by atoms with E-state index in [1.54, 1.807) is 0 Å². The second kappa shape index (κ2) is 9.70. The quantitative estimate of drug-likeness (QED) is 0.562. The highest BCUT2D eigenvalue weighted by Gasteiger charge is 2.45. The van der Waals surface area contributed by atoms with E-state index >= 15 is 0 Å². The van der Waals surface area contributed by atoms with Crippen molar-refractivity contribution in [2.75, 3.05) is 19.8 Å². The van der Waals surface area contributed by atoms with Gasteiger partial charge in [-0.15, -0.1) is 0 Å². The normalized spacial score (nSPS) is 16.5. The summed E-state index contributed by atoms with van der Waals surface area (Å²) in [5.74, 6) is 0. The molecule has 0 heterocycles. The zero-order chi connectivity index (χ0) is 14.0. The van der Waals surface area contributed by atoms with Crippen molar-refractivity contribution in [1.82, 2.24) is 0 Å². The molecule has 3 nitrogen and oxygen atoms in total. The van der Waals surface area contributed by atoms with E-state index in [1.165, 1.54) is 18.0 Å². The molecule has 0 aromatic carbocycles. The predicted octanol–water partition coefficient (Wildman–Crippen LogP) is 4.24. The number of allylic oxidation sites excluding steroid dienone is 2. The van der Waals surface area contributed by atoms with Gasteiger partial charge in [0.25, 0.3) is 0 Å². The Balaban J connectivity index is 2.82. The third kappa shape index (κ3) is 5.38. The summed E-state index contributed by atoms with van der Waals surface area (Å²) in [7, 11) is -2.60. The van der Waals surface area contributed by atoms with Gasteiger partial charge in [0.05, 0.1) is 0 Å². The Morgan fingerprint density at radius 2 is 1.42 bits per heavy atom. The molecule has 0 fully saturated rings. The van der Waals surface area contributed by atoms with Crippen LogP contribution in [0.2, 0.25) is 0 Å². The minimum absolute atomic E-state index is 0.733. The van der Waals surface area contributed by atoms with Gasteiger partial charge in [0.15, 0.2) is 0 Å². The van der Waals surface area contributed by atoms with E-state index in [0.29, 0.717) is 0 Å². The minimum Gasteiger partial charge on any atom is -0.370 e. The van der Waals surface area contributed by atoms with Crippen molar-refractivity contribution in [1.29, 1.82) is 0 Å². The van der Waals surface area contributed by atoms with Gasteiger partial charge in [-0.1, -0.05) is 26.8 Å². The molecule has 0 bridgehead atoms. The van der Waals surface area contributed by atoms with Crippen LogP contribution in [0, 0.1) is 0 Å². The summed E-state index contributed by atoms with van der Waals surface area (Å²) in [5.41, 5.74) is 0. The van der Waals surface area contributed by atoms with Crippen molar-refractivity contribution < 1.29 is 13.3 Å². The molecule has 1 aliphatic rings. The van der Waals surface area contributed by atoms with Crippen LogP contribution in [-0.4, -0.2) is 28.6 Å². The molecule has 0 saturated carbocycles. The SMILES string of the molecule is CCCO[Si](OCCC)(OCCC)C1=CCCCC1. The summed E-state index contributed by atoms with van der Waals surface area (Å²) >= 11 is 0. The molecule has 0 atom stereocenters. The Bertz CT molecular complexity index is 244. The van der Waals surface area contributed by atoms with Gasteiger partial charge in [0.2, 0.25) is 0 Å². The largest absolute Gasteiger partial charge is 0.532 e. The van der Waals surface area contributed by atoms with Gasteiger partial charge in [0, 0.05) is 19.8 Å². The molecule has 112 valence electrons. The highest BCUT2D eigenvalue weighted by atomic mass is 28.4. The molecule has 0 radical (unpaired) electrons. The molecule has 1 rings (SSSR count). The summed E-state index contributed by atoms with van der Waals surface area (Å²) in [6, 6.07) is 0. The Morgan fingerprint density at radius 3 is 1.79 bits per heavy atom. The molecule has 0 aliphatic heterocycles. The summed E-state index contributed by atoms with van der Waals surface area (Å²) in [6.07, 6.45) is 10.1. The van der Waals surface area contributed by atoms with E-state index < -0.39 is 8.80 Å². The van der Waals surface area contributed by atoms with Gasteiger partial charge in [0.1, 0.15) is 0 Å². The number of rotatable bonds is 10. The molecule has 0 saturated heterocycles. The molecule has 0 aromatic rings. The maximum Gasteiger partial charge on any atom is 0.532 e. The van der Waals surface area contributed by atoms with Crippen molar-refractivity contribution in [2.24, 2.45) is 0 Å². The number of hydrogen-bond acceptors (Lipinski definition) is 3. The second-order valence-corrected chi connectivity index (χ2v) is 7.70. The first kappa shape index (κ1) is 16.9. The fourth-order valence-corrected chi connectivity index (χ4v) is 5.33. The average molecular weight is 286 g/mol. The van der Waals surface area contributed by atoms with Gasteiger partial charge in [-0.05, 0) is 50.1 Å². The second-order valence-electron chi connectivity index (χ2n) is 5.08. The van der Waals surface area contributed by atoms with Crippen molar-refractivity contribution in [3.63, 3.8) is 0 Å². The fraction of sp³-hybridized carbons (Fsp3) is 0.867. The van der Waals surface area contributed by atoms with Crippen LogP contribution in [0.1, 0.15) is 65.7 Å². The smallest absolute Gasteiger partial charge is 0.370 e. The van der Waals surface area contributed by atoms with Crippen molar-refractivity contribution in [3.8, 4) is 0 Å². The molecule has 19 heavy (non-hydrogen) atoms. The van der Waals surface area contributed by atoms with Crippen molar-refractivity contribution in [3.05, 3.63) is 11.3 Å². The molecule has 0 N–H and O–H groups in total. The van der Waals surface area contributed by atoms with E-state index in [4.69, 9.17) is 13.3 Å². The zero-order valence-corrected chi connectivity index (χ0v) is 13.9. The van der Waals surface area contributed by atoms with E-state index in [0.717, 1.165) is 51.9 Å². The van der Waals surface area contributed by atoms with Crippen LogP contribution >= 0.6 is 0 Å². The van der Waals surface area contributed by atoms with E-state index in [1.807, 2.05) is 0 Å². The minimum atomic E-state index is -2.60. The Kier molecular flexibility index (Phi) is 8.62. The Hall–Kier alpha value is -0.163. The van der Waals surface area contributed by atoms with Crippen LogP contribution in [0.15, 0.2) is 11.3 Å². The van der Waals surface area contributed by atoms with Crippen LogP contribution in [0.5, 0.6) is 0 Å². The van der Waals surface area contributed by atoms with Gasteiger partial charge in [-0.2, -0.15) is 0 Å². The lowest BCUT2D eigenvalue weighted by Gasteiger charge is -2.33. The Labute approximate surface area is 119 Å². The van der Waals surface area contributed by atoms with E-state index in [2.05, 4.69) is 26.8 Å². The summed E-state index contributed by atoms with van der Waals surface area (Å²) in [6.45, 7) is 8.60. The molecule has 0 amide bonds. The molecule has 0 unspecified atom stereocenters. The van der Waals surface area contributed by atoms with E-state index in [-0.39, 0.29) is 0 Å². The highest BCUT2D eigenvalue weighted by molar-refractivity contribution is 6.68. The first-order chi connectivity index (χ1) is 9.29. The molecular weight excluding hydrogens is 256 g/mol. The maximum atomic E-state index is 6.15. The van der Waals surface area contributed by atoms with Crippen LogP contribution < -0.4 is 0 Å². The average Bonchev–Trinajstić information content (AvgIpc) is 2.48. The lowest BCUT2D eigenvalue weighted by molar-refractivity contribution is 0.0669. The molecule has 0 aromatic heterocycles. The summed E-state index contributed by atoms with van der Waals surface area (Å²) in [5, 5.41) is 1.33. The van der Waals surface area contributed by atoms with Crippen molar-refractivity contribution >= 4 is 8.80 Å². The van der Waals surface area contributed by atoms with Crippen LogP contribution in [0.3, 0.4) is 0 Å². The maximum absolute atomic E-state index is 6.15. The van der Waals surface area contributed by atoms with Gasteiger partial charge < -0.3 is 13.3 Å². The highest BCUT2D eigenvalue weighted by Crippen LogP contribution is 2.29. The third-order valence-electron chi connectivity index (χ3n) is 3.17. The van der Waals surface area contributed by atoms with Crippen molar-refractivity contribution in [2.45, 2.75) is 65.7 Å². The lowest BCUT2D eigenvalue weighted by atomic mass is 10.1. The monoisotopic (exact) mass is 286 g/mol. The standard InChI is InChI=1S/C15H30O3Si/c1-4-12-16-19(17-13-5-2,18-14-6-3)15-10-8-7-9-11-15/h10H,4-9,11-14H2,1-3H3. The predicted molar refractivity (Wildman–Crippen MR) is 81.0 cm³/mol. The van der Waals surface area contributed by atoms with E-state index in [9.17, 15) is 0 Å². The zero-order valence-electron chi connectivity index (χ0n) is 12.9. The molecule has 0 spiro atoms. The topological polar surface area (TPSA) is 27.7 Å². The number of hydrogen-bond donors (Lipinski definition) is 0. The van der Waals surface area contributed by atoms with Crippen LogP contribution in [0.25, 0.3) is 0 Å². The molecule has 4 heteroatoms. The van der Waals surface area contributed by atoms with Gasteiger partial charge in [-0.3, -0.25) is 0 Å². The van der Waals surface area contributed by atoms with Crippen LogP contribution in [-0.2, 0) is 13.3 Å². The summed E-state index contributed by atoms with van der Waals surface area (Å²) in [4.78, 5) is 0. The van der Waals surface area contributed by atoms with Crippen LogP contribution in [0.4, 0.5) is 0 Å². The lowest BCUT2D eigenvalue weighted by Crippen LogP contribution is -2.49. The first-order valence-electron chi connectivity index (χ1n) is 7.90. The third-order valence-corrected chi connectivity index (χ3v) is 6.17. The molecule has 1 aliphatic carbocycles. The van der Waals surface area contributed by atoms with Gasteiger partial charge in [-0.25, -0.2) is 0 Å². The Morgan fingerprint density at radius 1 is 0.895 bits per heavy atom. The fourth-order valence-electron chi connectivity index (χ4n) is 2.23. The summed E-state index contributed by atoms with van der Waals surface area (Å²) < 4.78 is 18.4. The van der Waals surface area contributed by atoms with Gasteiger partial charge >= 0.3 is 8.80 Å².